The fourth-order valence-electron chi connectivity index (χ4n) is 3.54. The fraction of sp³-hybridized carbons (Fsp3) is 0.941. The zero-order chi connectivity index (χ0) is 15.3. The SMILES string of the molecule is CCN1CC2(CCC(NCCCC(C)C)CC2)OCC1=O. The predicted octanol–water partition coefficient (Wildman–Crippen LogP) is 2.57. The van der Waals surface area contributed by atoms with Crippen LogP contribution in [0.3, 0.4) is 0 Å². The Bertz CT molecular complexity index is 336. The highest BCUT2D eigenvalue weighted by Crippen LogP contribution is 2.34. The van der Waals surface area contributed by atoms with Crippen molar-refractivity contribution in [3.05, 3.63) is 0 Å². The maximum Gasteiger partial charge on any atom is 0.248 e. The Morgan fingerprint density at radius 3 is 2.71 bits per heavy atom. The van der Waals surface area contributed by atoms with Crippen LogP contribution in [0, 0.1) is 5.92 Å². The molecule has 21 heavy (non-hydrogen) atoms. The summed E-state index contributed by atoms with van der Waals surface area (Å²) in [4.78, 5) is 13.7. The summed E-state index contributed by atoms with van der Waals surface area (Å²) in [6.07, 6.45) is 7.09. The first-order valence-corrected chi connectivity index (χ1v) is 8.70. The zero-order valence-corrected chi connectivity index (χ0v) is 14.0. The van der Waals surface area contributed by atoms with Gasteiger partial charge in [-0.3, -0.25) is 4.79 Å². The summed E-state index contributed by atoms with van der Waals surface area (Å²) in [5.74, 6) is 0.951. The van der Waals surface area contributed by atoms with Gasteiger partial charge in [-0.05, 0) is 57.9 Å². The number of carbonyl (C=O) groups is 1. The van der Waals surface area contributed by atoms with E-state index in [9.17, 15) is 4.79 Å². The smallest absolute Gasteiger partial charge is 0.248 e. The van der Waals surface area contributed by atoms with Gasteiger partial charge in [0, 0.05) is 19.1 Å². The molecule has 1 heterocycles. The van der Waals surface area contributed by atoms with Crippen LogP contribution in [0.15, 0.2) is 0 Å². The van der Waals surface area contributed by atoms with Crippen LogP contribution in [0.5, 0.6) is 0 Å². The van der Waals surface area contributed by atoms with Crippen molar-refractivity contribution in [3.63, 3.8) is 0 Å². The van der Waals surface area contributed by atoms with Crippen molar-refractivity contribution in [2.24, 2.45) is 5.92 Å². The molecule has 2 fully saturated rings. The number of likely N-dealkylation sites (N-methyl/N-ethyl adjacent to an activating group) is 1. The molecule has 2 aliphatic rings. The molecule has 4 heteroatoms. The van der Waals surface area contributed by atoms with Gasteiger partial charge in [0.15, 0.2) is 0 Å². The van der Waals surface area contributed by atoms with E-state index in [4.69, 9.17) is 4.74 Å². The number of amides is 1. The molecule has 1 amide bonds. The second kappa shape index (κ2) is 7.59. The minimum atomic E-state index is -0.0555. The number of ether oxygens (including phenoxy) is 1. The Morgan fingerprint density at radius 1 is 1.38 bits per heavy atom. The molecule has 0 atom stereocenters. The van der Waals surface area contributed by atoms with E-state index >= 15 is 0 Å². The summed E-state index contributed by atoms with van der Waals surface area (Å²) >= 11 is 0. The van der Waals surface area contributed by atoms with Crippen molar-refractivity contribution >= 4 is 5.91 Å². The van der Waals surface area contributed by atoms with Gasteiger partial charge in [0.25, 0.3) is 0 Å². The molecule has 0 aromatic rings. The maximum absolute atomic E-state index is 11.7. The highest BCUT2D eigenvalue weighted by Gasteiger charge is 2.41. The van der Waals surface area contributed by atoms with Crippen LogP contribution in [-0.2, 0) is 9.53 Å². The summed E-state index contributed by atoms with van der Waals surface area (Å²) in [5.41, 5.74) is -0.0555. The van der Waals surface area contributed by atoms with Gasteiger partial charge in [-0.25, -0.2) is 0 Å². The standard InChI is InChI=1S/C17H32N2O2/c1-4-19-13-17(21-12-16(19)20)9-7-15(8-10-17)18-11-5-6-14(2)3/h14-15,18H,4-13H2,1-3H3. The van der Waals surface area contributed by atoms with E-state index in [1.54, 1.807) is 0 Å². The molecule has 1 aliphatic heterocycles. The van der Waals surface area contributed by atoms with Crippen LogP contribution in [0.2, 0.25) is 0 Å². The van der Waals surface area contributed by atoms with E-state index in [2.05, 4.69) is 26.1 Å². The lowest BCUT2D eigenvalue weighted by atomic mass is 9.80. The number of hydrogen-bond acceptors (Lipinski definition) is 3. The highest BCUT2D eigenvalue weighted by atomic mass is 16.5. The largest absolute Gasteiger partial charge is 0.363 e. The van der Waals surface area contributed by atoms with Gasteiger partial charge >= 0.3 is 0 Å². The number of morpholine rings is 1. The molecule has 4 nitrogen and oxygen atoms in total. The van der Waals surface area contributed by atoms with E-state index in [1.807, 2.05) is 4.90 Å². The fourth-order valence-corrected chi connectivity index (χ4v) is 3.54. The molecular formula is C17H32N2O2. The summed E-state index contributed by atoms with van der Waals surface area (Å²) < 4.78 is 5.94. The second-order valence-corrected chi connectivity index (χ2v) is 7.14. The van der Waals surface area contributed by atoms with Crippen molar-refractivity contribution in [1.82, 2.24) is 10.2 Å². The molecule has 0 bridgehead atoms. The van der Waals surface area contributed by atoms with Crippen molar-refractivity contribution in [2.45, 2.75) is 70.9 Å². The molecule has 0 radical (unpaired) electrons. The number of hydrogen-bond donors (Lipinski definition) is 1. The third-order valence-corrected chi connectivity index (χ3v) is 5.00. The van der Waals surface area contributed by atoms with Crippen molar-refractivity contribution < 1.29 is 9.53 Å². The van der Waals surface area contributed by atoms with Gasteiger partial charge in [-0.2, -0.15) is 0 Å². The monoisotopic (exact) mass is 296 g/mol. The molecule has 1 spiro atoms. The first-order chi connectivity index (χ1) is 10.0. The van der Waals surface area contributed by atoms with Crippen molar-refractivity contribution in [2.75, 3.05) is 26.2 Å². The van der Waals surface area contributed by atoms with E-state index in [0.29, 0.717) is 6.04 Å². The van der Waals surface area contributed by atoms with Crippen LogP contribution in [0.4, 0.5) is 0 Å². The Morgan fingerprint density at radius 2 is 2.10 bits per heavy atom. The average Bonchev–Trinajstić information content (AvgIpc) is 2.48. The van der Waals surface area contributed by atoms with Crippen molar-refractivity contribution in [1.29, 1.82) is 0 Å². The lowest BCUT2D eigenvalue weighted by Gasteiger charge is -2.46. The van der Waals surface area contributed by atoms with E-state index < -0.39 is 0 Å². The minimum Gasteiger partial charge on any atom is -0.363 e. The third kappa shape index (κ3) is 4.68. The Hall–Kier alpha value is -0.610. The Labute approximate surface area is 129 Å². The lowest BCUT2D eigenvalue weighted by Crippen LogP contribution is -2.57. The average molecular weight is 296 g/mol. The first kappa shape index (κ1) is 16.8. The molecule has 0 aromatic heterocycles. The zero-order valence-electron chi connectivity index (χ0n) is 14.0. The Balaban J connectivity index is 1.71. The van der Waals surface area contributed by atoms with Gasteiger partial charge in [0.2, 0.25) is 5.91 Å². The highest BCUT2D eigenvalue weighted by molar-refractivity contribution is 5.78. The summed E-state index contributed by atoms with van der Waals surface area (Å²) in [6, 6.07) is 0.638. The van der Waals surface area contributed by atoms with Gasteiger partial charge in [-0.1, -0.05) is 13.8 Å². The van der Waals surface area contributed by atoms with Gasteiger partial charge in [0.05, 0.1) is 5.60 Å². The molecule has 2 rings (SSSR count). The third-order valence-electron chi connectivity index (χ3n) is 5.00. The molecule has 1 aliphatic carbocycles. The number of carbonyl (C=O) groups excluding carboxylic acids is 1. The normalized spacial score (nSPS) is 30.4. The molecule has 0 aromatic carbocycles. The number of nitrogens with one attached hydrogen (secondary N) is 1. The summed E-state index contributed by atoms with van der Waals surface area (Å²) in [6.45, 7) is 9.63. The van der Waals surface area contributed by atoms with Gasteiger partial charge < -0.3 is 15.0 Å². The van der Waals surface area contributed by atoms with Crippen LogP contribution in [0.1, 0.15) is 59.3 Å². The molecule has 122 valence electrons. The molecular weight excluding hydrogens is 264 g/mol. The van der Waals surface area contributed by atoms with Crippen LogP contribution in [0.25, 0.3) is 0 Å². The topological polar surface area (TPSA) is 41.6 Å². The van der Waals surface area contributed by atoms with Crippen LogP contribution in [-0.4, -0.2) is 48.7 Å². The molecule has 0 unspecified atom stereocenters. The predicted molar refractivity (Wildman–Crippen MR) is 85.3 cm³/mol. The summed E-state index contributed by atoms with van der Waals surface area (Å²) in [5, 5.41) is 3.70. The van der Waals surface area contributed by atoms with E-state index in [-0.39, 0.29) is 18.1 Å². The maximum atomic E-state index is 11.7. The minimum absolute atomic E-state index is 0.0555. The van der Waals surface area contributed by atoms with E-state index in [0.717, 1.165) is 38.4 Å². The van der Waals surface area contributed by atoms with E-state index in [1.165, 1.54) is 25.7 Å². The number of rotatable bonds is 6. The lowest BCUT2D eigenvalue weighted by molar-refractivity contribution is -0.169. The quantitative estimate of drug-likeness (QED) is 0.766. The van der Waals surface area contributed by atoms with Crippen LogP contribution >= 0.6 is 0 Å². The first-order valence-electron chi connectivity index (χ1n) is 8.70. The Kier molecular flexibility index (Phi) is 6.06. The second-order valence-electron chi connectivity index (χ2n) is 7.14. The van der Waals surface area contributed by atoms with Gasteiger partial charge in [-0.15, -0.1) is 0 Å². The number of nitrogens with zero attached hydrogens (tertiary/aromatic N) is 1. The molecule has 1 saturated carbocycles. The van der Waals surface area contributed by atoms with Crippen LogP contribution < -0.4 is 5.32 Å². The molecule has 1 saturated heterocycles. The molecule has 1 N–H and O–H groups in total. The summed E-state index contributed by atoms with van der Waals surface area (Å²) in [7, 11) is 0. The van der Waals surface area contributed by atoms with Gasteiger partial charge in [0.1, 0.15) is 6.61 Å². The van der Waals surface area contributed by atoms with Crippen molar-refractivity contribution in [3.8, 4) is 0 Å².